The fraction of sp³-hybridized carbons (Fsp3) is 0.538. The molecule has 1 aromatic rings. The van der Waals surface area contributed by atoms with E-state index in [9.17, 15) is 5.11 Å². The third kappa shape index (κ3) is 3.87. The zero-order valence-electron chi connectivity index (χ0n) is 10.8. The standard InChI is InChI=1S/C13H20ClNO2/c1-9-5-12(17-4)10(6-11(9)14)7-15-13(2,3)8-16/h5-6,15-16H,7-8H2,1-4H3. The van der Waals surface area contributed by atoms with Crippen molar-refractivity contribution in [2.45, 2.75) is 32.9 Å². The first-order valence-corrected chi connectivity index (χ1v) is 5.96. The smallest absolute Gasteiger partial charge is 0.123 e. The van der Waals surface area contributed by atoms with Gasteiger partial charge in [-0.15, -0.1) is 0 Å². The van der Waals surface area contributed by atoms with Gasteiger partial charge in [-0.05, 0) is 38.5 Å². The number of aryl methyl sites for hydroxylation is 1. The lowest BCUT2D eigenvalue weighted by atomic mass is 10.1. The van der Waals surface area contributed by atoms with Gasteiger partial charge in [0, 0.05) is 22.7 Å². The summed E-state index contributed by atoms with van der Waals surface area (Å²) in [5.74, 6) is 0.813. The summed E-state index contributed by atoms with van der Waals surface area (Å²) in [6, 6.07) is 3.82. The van der Waals surface area contributed by atoms with Crippen molar-refractivity contribution in [1.29, 1.82) is 0 Å². The number of nitrogens with one attached hydrogen (secondary N) is 1. The number of hydrogen-bond donors (Lipinski definition) is 2. The second-order valence-corrected chi connectivity index (χ2v) is 5.22. The maximum absolute atomic E-state index is 9.18. The molecule has 96 valence electrons. The highest BCUT2D eigenvalue weighted by Gasteiger charge is 2.16. The number of halogens is 1. The van der Waals surface area contributed by atoms with E-state index in [1.54, 1.807) is 7.11 Å². The summed E-state index contributed by atoms with van der Waals surface area (Å²) in [4.78, 5) is 0. The second kappa shape index (κ2) is 5.71. The Balaban J connectivity index is 2.87. The summed E-state index contributed by atoms with van der Waals surface area (Å²) < 4.78 is 5.32. The first-order chi connectivity index (χ1) is 7.89. The number of rotatable bonds is 5. The molecule has 1 aromatic carbocycles. The summed E-state index contributed by atoms with van der Waals surface area (Å²) in [7, 11) is 1.64. The maximum Gasteiger partial charge on any atom is 0.123 e. The monoisotopic (exact) mass is 257 g/mol. The lowest BCUT2D eigenvalue weighted by Gasteiger charge is -2.24. The molecular formula is C13H20ClNO2. The number of hydrogen-bond acceptors (Lipinski definition) is 3. The Bertz CT molecular complexity index is 391. The van der Waals surface area contributed by atoms with Crippen LogP contribution in [0.15, 0.2) is 12.1 Å². The Morgan fingerprint density at radius 2 is 2.06 bits per heavy atom. The number of aliphatic hydroxyl groups excluding tert-OH is 1. The van der Waals surface area contributed by atoms with Gasteiger partial charge in [-0.3, -0.25) is 0 Å². The molecule has 0 amide bonds. The maximum atomic E-state index is 9.18. The van der Waals surface area contributed by atoms with E-state index in [1.165, 1.54) is 0 Å². The van der Waals surface area contributed by atoms with Gasteiger partial charge in [0.1, 0.15) is 5.75 Å². The number of aliphatic hydroxyl groups is 1. The predicted molar refractivity (Wildman–Crippen MR) is 70.7 cm³/mol. The van der Waals surface area contributed by atoms with Crippen LogP contribution in [0.25, 0.3) is 0 Å². The molecule has 1 rings (SSSR count). The van der Waals surface area contributed by atoms with E-state index in [1.807, 2.05) is 32.9 Å². The number of benzene rings is 1. The molecule has 0 saturated carbocycles. The van der Waals surface area contributed by atoms with Gasteiger partial charge < -0.3 is 15.2 Å². The van der Waals surface area contributed by atoms with Gasteiger partial charge >= 0.3 is 0 Å². The lowest BCUT2D eigenvalue weighted by Crippen LogP contribution is -2.42. The van der Waals surface area contributed by atoms with Gasteiger partial charge in [0.05, 0.1) is 13.7 Å². The zero-order valence-corrected chi connectivity index (χ0v) is 11.6. The third-order valence-electron chi connectivity index (χ3n) is 2.71. The predicted octanol–water partition coefficient (Wildman–Crippen LogP) is 2.52. The lowest BCUT2D eigenvalue weighted by molar-refractivity contribution is 0.187. The fourth-order valence-electron chi connectivity index (χ4n) is 1.41. The van der Waals surface area contributed by atoms with Crippen LogP contribution in [0.1, 0.15) is 25.0 Å². The minimum absolute atomic E-state index is 0.0783. The summed E-state index contributed by atoms with van der Waals surface area (Å²) >= 11 is 6.09. The van der Waals surface area contributed by atoms with Crippen molar-refractivity contribution in [2.75, 3.05) is 13.7 Å². The van der Waals surface area contributed by atoms with E-state index in [0.717, 1.165) is 21.9 Å². The van der Waals surface area contributed by atoms with Crippen LogP contribution in [0, 0.1) is 6.92 Å². The van der Waals surface area contributed by atoms with Crippen LogP contribution in [0.3, 0.4) is 0 Å². The molecule has 0 aliphatic heterocycles. The van der Waals surface area contributed by atoms with Crippen molar-refractivity contribution in [3.8, 4) is 5.75 Å². The molecule has 0 aliphatic rings. The van der Waals surface area contributed by atoms with Crippen molar-refractivity contribution in [1.82, 2.24) is 5.32 Å². The molecule has 0 bridgehead atoms. The van der Waals surface area contributed by atoms with Gasteiger partial charge in [0.2, 0.25) is 0 Å². The van der Waals surface area contributed by atoms with E-state index < -0.39 is 0 Å². The van der Waals surface area contributed by atoms with E-state index in [4.69, 9.17) is 16.3 Å². The Hall–Kier alpha value is -0.770. The SMILES string of the molecule is COc1cc(C)c(Cl)cc1CNC(C)(C)CO. The number of ether oxygens (including phenoxy) is 1. The molecule has 17 heavy (non-hydrogen) atoms. The van der Waals surface area contributed by atoms with Crippen LogP contribution in [0.4, 0.5) is 0 Å². The minimum Gasteiger partial charge on any atom is -0.496 e. The molecule has 0 unspecified atom stereocenters. The molecule has 3 nitrogen and oxygen atoms in total. The van der Waals surface area contributed by atoms with E-state index >= 15 is 0 Å². The quantitative estimate of drug-likeness (QED) is 0.852. The third-order valence-corrected chi connectivity index (χ3v) is 3.12. The molecular weight excluding hydrogens is 238 g/mol. The van der Waals surface area contributed by atoms with Crippen molar-refractivity contribution in [3.05, 3.63) is 28.3 Å². The Labute approximate surface area is 108 Å². The topological polar surface area (TPSA) is 41.5 Å². The highest BCUT2D eigenvalue weighted by molar-refractivity contribution is 6.31. The van der Waals surface area contributed by atoms with Gasteiger partial charge in [-0.25, -0.2) is 0 Å². The Kier molecular flexibility index (Phi) is 4.80. The average Bonchev–Trinajstić information content (AvgIpc) is 2.30. The van der Waals surface area contributed by atoms with Crippen LogP contribution in [0.5, 0.6) is 5.75 Å². The molecule has 0 aliphatic carbocycles. The molecule has 0 radical (unpaired) electrons. The zero-order chi connectivity index (χ0) is 13.1. The second-order valence-electron chi connectivity index (χ2n) is 4.81. The largest absolute Gasteiger partial charge is 0.496 e. The molecule has 0 fully saturated rings. The summed E-state index contributed by atoms with van der Waals surface area (Å²) in [6.45, 7) is 6.51. The summed E-state index contributed by atoms with van der Waals surface area (Å²) in [5, 5.41) is 13.2. The fourth-order valence-corrected chi connectivity index (χ4v) is 1.60. The van der Waals surface area contributed by atoms with E-state index in [-0.39, 0.29) is 12.1 Å². The molecule has 4 heteroatoms. The van der Waals surface area contributed by atoms with Crippen LogP contribution in [0.2, 0.25) is 5.02 Å². The Morgan fingerprint density at radius 3 is 2.59 bits per heavy atom. The van der Waals surface area contributed by atoms with Gasteiger partial charge in [-0.1, -0.05) is 11.6 Å². The molecule has 2 N–H and O–H groups in total. The first-order valence-electron chi connectivity index (χ1n) is 5.58. The first kappa shape index (κ1) is 14.3. The van der Waals surface area contributed by atoms with Crippen LogP contribution in [-0.2, 0) is 6.54 Å². The van der Waals surface area contributed by atoms with E-state index in [2.05, 4.69) is 5.32 Å². The molecule has 0 saturated heterocycles. The average molecular weight is 258 g/mol. The highest BCUT2D eigenvalue weighted by Crippen LogP contribution is 2.26. The van der Waals surface area contributed by atoms with Crippen LogP contribution >= 0.6 is 11.6 Å². The normalized spacial score (nSPS) is 11.6. The van der Waals surface area contributed by atoms with Crippen molar-refractivity contribution in [3.63, 3.8) is 0 Å². The molecule has 0 spiro atoms. The van der Waals surface area contributed by atoms with Gasteiger partial charge in [-0.2, -0.15) is 0 Å². The highest BCUT2D eigenvalue weighted by atomic mass is 35.5. The van der Waals surface area contributed by atoms with Crippen molar-refractivity contribution >= 4 is 11.6 Å². The van der Waals surface area contributed by atoms with Crippen molar-refractivity contribution in [2.24, 2.45) is 0 Å². The van der Waals surface area contributed by atoms with Crippen LogP contribution in [-0.4, -0.2) is 24.4 Å². The van der Waals surface area contributed by atoms with Crippen molar-refractivity contribution < 1.29 is 9.84 Å². The molecule has 0 aromatic heterocycles. The van der Waals surface area contributed by atoms with E-state index in [0.29, 0.717) is 6.54 Å². The molecule has 0 heterocycles. The minimum atomic E-state index is -0.317. The van der Waals surface area contributed by atoms with Gasteiger partial charge in [0.15, 0.2) is 0 Å². The summed E-state index contributed by atoms with van der Waals surface area (Å²) in [6.07, 6.45) is 0. The van der Waals surface area contributed by atoms with Crippen LogP contribution < -0.4 is 10.1 Å². The summed E-state index contributed by atoms with van der Waals surface area (Å²) in [5.41, 5.74) is 1.67. The number of methoxy groups -OCH3 is 1. The Morgan fingerprint density at radius 1 is 1.41 bits per heavy atom. The molecule has 0 atom stereocenters. The van der Waals surface area contributed by atoms with Gasteiger partial charge in [0.25, 0.3) is 0 Å².